The maximum Gasteiger partial charge on any atom is 0.294 e. The Balaban J connectivity index is 1.75. The lowest BCUT2D eigenvalue weighted by Crippen LogP contribution is -2.36. The Labute approximate surface area is 191 Å². The van der Waals surface area contributed by atoms with E-state index in [-0.39, 0.29) is 10.7 Å². The van der Waals surface area contributed by atoms with E-state index in [2.05, 4.69) is 21.2 Å². The van der Waals surface area contributed by atoms with Crippen LogP contribution in [0.25, 0.3) is 6.08 Å². The van der Waals surface area contributed by atoms with E-state index in [1.807, 2.05) is 22.6 Å². The van der Waals surface area contributed by atoms with Crippen LogP contribution in [-0.4, -0.2) is 33.6 Å². The average molecular weight is 594 g/mol. The molecule has 144 valence electrons. The van der Waals surface area contributed by atoms with Crippen LogP contribution in [0.3, 0.4) is 0 Å². The number of benzene rings is 2. The van der Waals surface area contributed by atoms with E-state index in [0.717, 1.165) is 16.7 Å². The van der Waals surface area contributed by atoms with Gasteiger partial charge in [0.15, 0.2) is 0 Å². The first-order valence-corrected chi connectivity index (χ1v) is 10.8. The third-order valence-electron chi connectivity index (χ3n) is 3.66. The van der Waals surface area contributed by atoms with Gasteiger partial charge in [0.2, 0.25) is 5.91 Å². The molecule has 28 heavy (non-hydrogen) atoms. The number of halogens is 3. The first kappa shape index (κ1) is 21.2. The lowest BCUT2D eigenvalue weighted by molar-refractivity contribution is -0.127. The summed E-state index contributed by atoms with van der Waals surface area (Å²) >= 11 is 12.0. The first-order chi connectivity index (χ1) is 13.3. The van der Waals surface area contributed by atoms with Gasteiger partial charge in [0, 0.05) is 0 Å². The molecule has 1 heterocycles. The van der Waals surface area contributed by atoms with Gasteiger partial charge in [-0.25, -0.2) is 0 Å². The number of anilines is 1. The van der Waals surface area contributed by atoms with Crippen molar-refractivity contribution in [3.63, 3.8) is 0 Å². The Bertz CT molecular complexity index is 1010. The van der Waals surface area contributed by atoms with Crippen molar-refractivity contribution in [1.82, 2.24) is 4.90 Å². The molecule has 1 aliphatic heterocycles. The van der Waals surface area contributed by atoms with Crippen molar-refractivity contribution < 1.29 is 19.5 Å². The van der Waals surface area contributed by atoms with Crippen molar-refractivity contribution in [1.29, 1.82) is 0 Å². The van der Waals surface area contributed by atoms with Crippen LogP contribution in [0.4, 0.5) is 10.5 Å². The maximum absolute atomic E-state index is 12.6. The SMILES string of the molecule is O=C(CN1C(=O)S/C(=C/c2cc(Br)c(O)c(I)c2)C1=O)Nc1ccccc1Cl. The van der Waals surface area contributed by atoms with Gasteiger partial charge in [-0.3, -0.25) is 19.3 Å². The minimum Gasteiger partial charge on any atom is -0.506 e. The highest BCUT2D eigenvalue weighted by Gasteiger charge is 2.36. The van der Waals surface area contributed by atoms with Gasteiger partial charge in [-0.1, -0.05) is 23.7 Å². The molecule has 0 atom stereocenters. The number of phenolic OH excluding ortho intramolecular Hbond substituents is 1. The lowest BCUT2D eigenvalue weighted by atomic mass is 10.2. The summed E-state index contributed by atoms with van der Waals surface area (Å²) in [5.74, 6) is -0.982. The fourth-order valence-corrected chi connectivity index (χ4v) is 4.87. The van der Waals surface area contributed by atoms with Crippen LogP contribution in [0, 0.1) is 3.57 Å². The normalized spacial score (nSPS) is 15.4. The van der Waals surface area contributed by atoms with Crippen LogP contribution in [0.5, 0.6) is 5.75 Å². The van der Waals surface area contributed by atoms with Gasteiger partial charge in [0.1, 0.15) is 12.3 Å². The van der Waals surface area contributed by atoms with Crippen molar-refractivity contribution in [3.8, 4) is 5.75 Å². The predicted octanol–water partition coefficient (Wildman–Crippen LogP) is 5.09. The number of phenols is 1. The number of aromatic hydroxyl groups is 1. The molecule has 0 bridgehead atoms. The molecule has 0 aromatic heterocycles. The summed E-state index contributed by atoms with van der Waals surface area (Å²) < 4.78 is 1.07. The molecule has 10 heteroatoms. The minimum absolute atomic E-state index is 0.0992. The molecule has 0 saturated carbocycles. The molecule has 1 fully saturated rings. The van der Waals surface area contributed by atoms with E-state index in [4.69, 9.17) is 11.6 Å². The number of para-hydroxylation sites is 1. The van der Waals surface area contributed by atoms with Gasteiger partial charge in [0.05, 0.1) is 23.7 Å². The summed E-state index contributed by atoms with van der Waals surface area (Å²) in [5, 5.41) is 12.2. The molecule has 2 aromatic rings. The third kappa shape index (κ3) is 4.70. The summed E-state index contributed by atoms with van der Waals surface area (Å²) in [6.07, 6.45) is 1.54. The summed E-state index contributed by atoms with van der Waals surface area (Å²) in [6.45, 7) is -0.413. The first-order valence-electron chi connectivity index (χ1n) is 7.74. The van der Waals surface area contributed by atoms with Crippen LogP contribution in [0.2, 0.25) is 5.02 Å². The molecule has 3 amide bonds. The van der Waals surface area contributed by atoms with E-state index >= 15 is 0 Å². The summed E-state index contributed by atoms with van der Waals surface area (Å²) in [6, 6.07) is 9.99. The number of amides is 3. The molecular formula is C18H11BrClIN2O4S. The molecule has 2 N–H and O–H groups in total. The molecule has 6 nitrogen and oxygen atoms in total. The second kappa shape index (κ2) is 8.85. The number of hydrogen-bond donors (Lipinski definition) is 2. The molecule has 3 rings (SSSR count). The average Bonchev–Trinajstić information content (AvgIpc) is 2.89. The Morgan fingerprint density at radius 1 is 1.32 bits per heavy atom. The van der Waals surface area contributed by atoms with E-state index in [9.17, 15) is 19.5 Å². The van der Waals surface area contributed by atoms with Crippen molar-refractivity contribution in [2.75, 3.05) is 11.9 Å². The van der Waals surface area contributed by atoms with E-state index in [0.29, 0.717) is 24.3 Å². The van der Waals surface area contributed by atoms with Gasteiger partial charge in [0.25, 0.3) is 11.1 Å². The van der Waals surface area contributed by atoms with Gasteiger partial charge in [-0.15, -0.1) is 0 Å². The molecule has 2 aromatic carbocycles. The van der Waals surface area contributed by atoms with E-state index < -0.39 is 23.6 Å². The number of nitrogens with zero attached hydrogens (tertiary/aromatic N) is 1. The number of imide groups is 1. The fourth-order valence-electron chi connectivity index (χ4n) is 2.35. The second-order valence-corrected chi connectivity index (χ2v) is 9.05. The highest BCUT2D eigenvalue weighted by Crippen LogP contribution is 2.35. The fraction of sp³-hybridized carbons (Fsp3) is 0.0556. The van der Waals surface area contributed by atoms with Crippen LogP contribution < -0.4 is 5.32 Å². The number of rotatable bonds is 4. The topological polar surface area (TPSA) is 86.7 Å². The molecule has 1 saturated heterocycles. The summed E-state index contributed by atoms with van der Waals surface area (Å²) in [4.78, 5) is 38.1. The smallest absolute Gasteiger partial charge is 0.294 e. The van der Waals surface area contributed by atoms with Crippen LogP contribution in [0.1, 0.15) is 5.56 Å². The number of carbonyl (C=O) groups is 3. The summed E-state index contributed by atoms with van der Waals surface area (Å²) in [5.41, 5.74) is 1.04. The van der Waals surface area contributed by atoms with Gasteiger partial charge < -0.3 is 10.4 Å². The lowest BCUT2D eigenvalue weighted by Gasteiger charge is -2.13. The van der Waals surface area contributed by atoms with E-state index in [1.54, 1.807) is 42.5 Å². The second-order valence-electron chi connectivity index (χ2n) is 5.63. The summed E-state index contributed by atoms with van der Waals surface area (Å²) in [7, 11) is 0. The standard InChI is InChI=1S/C18H11BrClIN2O4S/c19-10-5-9(6-12(21)16(10)25)7-14-17(26)23(18(27)28-14)8-15(24)22-13-4-2-1-3-11(13)20/h1-7,25H,8H2,(H,22,24)/b14-7+. The van der Waals surface area contributed by atoms with Crippen molar-refractivity contribution in [2.45, 2.75) is 0 Å². The Hall–Kier alpha value is -1.56. The van der Waals surface area contributed by atoms with Crippen LogP contribution in [-0.2, 0) is 9.59 Å². The number of thioether (sulfide) groups is 1. The van der Waals surface area contributed by atoms with Crippen molar-refractivity contribution in [2.24, 2.45) is 0 Å². The van der Waals surface area contributed by atoms with Crippen LogP contribution in [0.15, 0.2) is 45.8 Å². The monoisotopic (exact) mass is 592 g/mol. The van der Waals surface area contributed by atoms with Crippen LogP contribution >= 0.6 is 61.9 Å². The molecular weight excluding hydrogens is 583 g/mol. The van der Waals surface area contributed by atoms with Gasteiger partial charge in [-0.2, -0.15) is 0 Å². The Morgan fingerprint density at radius 2 is 2.04 bits per heavy atom. The molecule has 0 aliphatic carbocycles. The zero-order valence-electron chi connectivity index (χ0n) is 13.9. The Morgan fingerprint density at radius 3 is 2.71 bits per heavy atom. The molecule has 0 radical (unpaired) electrons. The number of hydrogen-bond acceptors (Lipinski definition) is 5. The highest BCUT2D eigenvalue weighted by molar-refractivity contribution is 14.1. The quantitative estimate of drug-likeness (QED) is 0.381. The Kier molecular flexibility index (Phi) is 6.69. The predicted molar refractivity (Wildman–Crippen MR) is 121 cm³/mol. The number of carbonyl (C=O) groups excluding carboxylic acids is 3. The maximum atomic E-state index is 12.6. The number of nitrogens with one attached hydrogen (secondary N) is 1. The van der Waals surface area contributed by atoms with Crippen molar-refractivity contribution in [3.05, 3.63) is 59.9 Å². The minimum atomic E-state index is -0.552. The molecule has 0 unspecified atom stereocenters. The largest absolute Gasteiger partial charge is 0.506 e. The zero-order valence-corrected chi connectivity index (χ0v) is 19.2. The van der Waals surface area contributed by atoms with Gasteiger partial charge in [-0.05, 0) is 86.2 Å². The molecule has 1 aliphatic rings. The zero-order chi connectivity index (χ0) is 20.4. The third-order valence-corrected chi connectivity index (χ3v) is 6.32. The van der Waals surface area contributed by atoms with E-state index in [1.165, 1.54) is 0 Å². The van der Waals surface area contributed by atoms with Gasteiger partial charge >= 0.3 is 0 Å². The highest BCUT2D eigenvalue weighted by atomic mass is 127. The molecule has 0 spiro atoms. The van der Waals surface area contributed by atoms with Crippen molar-refractivity contribution >= 4 is 90.7 Å².